The van der Waals surface area contributed by atoms with Crippen LogP contribution in [0.15, 0.2) is 18.5 Å². The largest absolute Gasteiger partial charge is 0.469 e. The molecule has 0 spiro atoms. The Kier molecular flexibility index (Phi) is 6.55. The molecule has 2 heterocycles. The highest BCUT2D eigenvalue weighted by atomic mass is 32.2. The summed E-state index contributed by atoms with van der Waals surface area (Å²) in [6.07, 6.45) is 4.88. The van der Waals surface area contributed by atoms with Crippen LogP contribution in [0.5, 0.6) is 0 Å². The van der Waals surface area contributed by atoms with Crippen molar-refractivity contribution in [1.82, 2.24) is 14.1 Å². The fourth-order valence-corrected chi connectivity index (χ4v) is 3.90. The molecule has 1 saturated heterocycles. The van der Waals surface area contributed by atoms with E-state index < -0.39 is 10.0 Å². The Labute approximate surface area is 136 Å². The average molecular weight is 345 g/mol. The molecule has 0 aliphatic carbocycles. The molecule has 9 heteroatoms. The van der Waals surface area contributed by atoms with Crippen molar-refractivity contribution in [1.29, 1.82) is 0 Å². The first-order valence-corrected chi connectivity index (χ1v) is 9.26. The summed E-state index contributed by atoms with van der Waals surface area (Å²) in [5.41, 5.74) is 0. The maximum atomic E-state index is 12.3. The maximum Gasteiger partial charge on any atom is 0.307 e. The number of hydrogen-bond donors (Lipinski definition) is 0. The Bertz CT molecular complexity index is 580. The second-order valence-corrected chi connectivity index (χ2v) is 7.47. The van der Waals surface area contributed by atoms with Crippen LogP contribution in [0.3, 0.4) is 0 Å². The molecule has 0 bridgehead atoms. The highest BCUT2D eigenvalue weighted by molar-refractivity contribution is 7.89. The van der Waals surface area contributed by atoms with E-state index in [2.05, 4.69) is 9.84 Å². The molecule has 2 rings (SSSR count). The van der Waals surface area contributed by atoms with Gasteiger partial charge in [0.15, 0.2) is 0 Å². The Morgan fingerprint density at radius 3 is 2.70 bits per heavy atom. The van der Waals surface area contributed by atoms with Crippen LogP contribution in [-0.2, 0) is 30.8 Å². The minimum Gasteiger partial charge on any atom is -0.469 e. The first-order chi connectivity index (χ1) is 11.0. The molecule has 1 aromatic heterocycles. The summed E-state index contributed by atoms with van der Waals surface area (Å²) >= 11 is 0. The lowest BCUT2D eigenvalue weighted by Gasteiger charge is -2.31. The lowest BCUT2D eigenvalue weighted by molar-refractivity contribution is -0.142. The molecule has 130 valence electrons. The summed E-state index contributed by atoms with van der Waals surface area (Å²) in [4.78, 5) is 11.0. The quantitative estimate of drug-likeness (QED) is 0.628. The van der Waals surface area contributed by atoms with Crippen LogP contribution in [-0.4, -0.2) is 67.1 Å². The van der Waals surface area contributed by atoms with Crippen molar-refractivity contribution in [3.05, 3.63) is 18.5 Å². The molecule has 1 fully saturated rings. The number of esters is 1. The standard InChI is InChI=1S/C14H23N3O5S/c1-21-14(18)5-11-22-13-3-8-17(9-4-13)23(19,20)12-10-16-7-2-6-15-16/h2,6-7,13H,3-5,8-12H2,1H3. The van der Waals surface area contributed by atoms with Gasteiger partial charge in [-0.2, -0.15) is 5.10 Å². The van der Waals surface area contributed by atoms with Crippen molar-refractivity contribution >= 4 is 16.0 Å². The molecule has 0 aromatic carbocycles. The van der Waals surface area contributed by atoms with Crippen LogP contribution in [0.2, 0.25) is 0 Å². The summed E-state index contributed by atoms with van der Waals surface area (Å²) in [6, 6.07) is 1.77. The van der Waals surface area contributed by atoms with E-state index in [-0.39, 0.29) is 24.2 Å². The number of aryl methyl sites for hydroxylation is 1. The molecule has 0 N–H and O–H groups in total. The second kappa shape index (κ2) is 8.42. The van der Waals surface area contributed by atoms with Gasteiger partial charge in [0, 0.05) is 25.5 Å². The molecule has 1 aliphatic heterocycles. The zero-order valence-electron chi connectivity index (χ0n) is 13.3. The maximum absolute atomic E-state index is 12.3. The summed E-state index contributed by atoms with van der Waals surface area (Å²) in [5, 5.41) is 4.01. The number of rotatable bonds is 8. The molecule has 0 unspecified atom stereocenters. The van der Waals surface area contributed by atoms with Crippen molar-refractivity contribution in [2.24, 2.45) is 0 Å². The van der Waals surface area contributed by atoms with E-state index in [4.69, 9.17) is 4.74 Å². The van der Waals surface area contributed by atoms with Crippen LogP contribution in [0.25, 0.3) is 0 Å². The zero-order valence-corrected chi connectivity index (χ0v) is 14.1. The number of hydrogen-bond acceptors (Lipinski definition) is 6. The molecule has 0 saturated carbocycles. The zero-order chi connectivity index (χ0) is 16.7. The predicted molar refractivity (Wildman–Crippen MR) is 83.2 cm³/mol. The van der Waals surface area contributed by atoms with Crippen LogP contribution >= 0.6 is 0 Å². The van der Waals surface area contributed by atoms with E-state index in [1.807, 2.05) is 0 Å². The Morgan fingerprint density at radius 1 is 1.35 bits per heavy atom. The lowest BCUT2D eigenvalue weighted by Crippen LogP contribution is -2.42. The van der Waals surface area contributed by atoms with Gasteiger partial charge in [-0.15, -0.1) is 0 Å². The molecule has 0 amide bonds. The Morgan fingerprint density at radius 2 is 2.09 bits per heavy atom. The van der Waals surface area contributed by atoms with Crippen molar-refractivity contribution in [3.8, 4) is 0 Å². The van der Waals surface area contributed by atoms with Gasteiger partial charge in [-0.1, -0.05) is 0 Å². The topological polar surface area (TPSA) is 90.7 Å². The molecule has 0 radical (unpaired) electrons. The number of methoxy groups -OCH3 is 1. The van der Waals surface area contributed by atoms with E-state index in [1.165, 1.54) is 11.4 Å². The van der Waals surface area contributed by atoms with Gasteiger partial charge in [0.1, 0.15) is 0 Å². The second-order valence-electron chi connectivity index (χ2n) is 5.38. The number of sulfonamides is 1. The van der Waals surface area contributed by atoms with Crippen molar-refractivity contribution in [2.45, 2.75) is 31.9 Å². The van der Waals surface area contributed by atoms with Gasteiger partial charge < -0.3 is 9.47 Å². The average Bonchev–Trinajstić information content (AvgIpc) is 3.07. The summed E-state index contributed by atoms with van der Waals surface area (Å²) in [6.45, 7) is 1.56. The molecule has 8 nitrogen and oxygen atoms in total. The lowest BCUT2D eigenvalue weighted by atomic mass is 10.1. The highest BCUT2D eigenvalue weighted by Gasteiger charge is 2.28. The normalized spacial score (nSPS) is 17.3. The van der Waals surface area contributed by atoms with E-state index in [9.17, 15) is 13.2 Å². The minimum absolute atomic E-state index is 0.00257. The van der Waals surface area contributed by atoms with Gasteiger partial charge in [0.05, 0.1) is 38.5 Å². The van der Waals surface area contributed by atoms with Gasteiger partial charge in [-0.25, -0.2) is 12.7 Å². The van der Waals surface area contributed by atoms with Crippen LogP contribution in [0, 0.1) is 0 Å². The van der Waals surface area contributed by atoms with Crippen LogP contribution < -0.4 is 0 Å². The summed E-state index contributed by atoms with van der Waals surface area (Å²) in [5.74, 6) is -0.258. The molecule has 1 aliphatic rings. The number of piperidine rings is 1. The molecule has 0 atom stereocenters. The van der Waals surface area contributed by atoms with E-state index in [1.54, 1.807) is 23.1 Å². The molecule has 23 heavy (non-hydrogen) atoms. The van der Waals surface area contributed by atoms with Crippen molar-refractivity contribution in [2.75, 3.05) is 32.6 Å². The fourth-order valence-electron chi connectivity index (χ4n) is 2.46. The van der Waals surface area contributed by atoms with E-state index in [0.29, 0.717) is 39.1 Å². The van der Waals surface area contributed by atoms with Gasteiger partial charge in [-0.3, -0.25) is 9.48 Å². The van der Waals surface area contributed by atoms with Gasteiger partial charge in [0.2, 0.25) is 10.0 Å². The Hall–Kier alpha value is -1.45. The van der Waals surface area contributed by atoms with Gasteiger partial charge in [0.25, 0.3) is 0 Å². The van der Waals surface area contributed by atoms with E-state index in [0.717, 1.165) is 0 Å². The van der Waals surface area contributed by atoms with Gasteiger partial charge in [-0.05, 0) is 18.9 Å². The minimum atomic E-state index is -3.28. The fraction of sp³-hybridized carbons (Fsp3) is 0.714. The van der Waals surface area contributed by atoms with Crippen LogP contribution in [0.1, 0.15) is 19.3 Å². The number of carbonyl (C=O) groups excluding carboxylic acids is 1. The predicted octanol–water partition coefficient (Wildman–Crippen LogP) is 0.257. The monoisotopic (exact) mass is 345 g/mol. The SMILES string of the molecule is COC(=O)CCOC1CCN(S(=O)(=O)CCn2cccn2)CC1. The molecular weight excluding hydrogens is 322 g/mol. The summed E-state index contributed by atoms with van der Waals surface area (Å²) < 4.78 is 37.9. The number of carbonyl (C=O) groups is 1. The highest BCUT2D eigenvalue weighted by Crippen LogP contribution is 2.17. The smallest absolute Gasteiger partial charge is 0.307 e. The first kappa shape index (κ1) is 17.9. The number of nitrogens with zero attached hydrogens (tertiary/aromatic N) is 3. The van der Waals surface area contributed by atoms with Crippen molar-refractivity contribution < 1.29 is 22.7 Å². The third kappa shape index (κ3) is 5.60. The van der Waals surface area contributed by atoms with Gasteiger partial charge >= 0.3 is 5.97 Å². The molecule has 1 aromatic rings. The third-order valence-corrected chi connectivity index (χ3v) is 5.67. The third-order valence-electron chi connectivity index (χ3n) is 3.82. The van der Waals surface area contributed by atoms with Crippen LogP contribution in [0.4, 0.5) is 0 Å². The van der Waals surface area contributed by atoms with Crippen molar-refractivity contribution in [3.63, 3.8) is 0 Å². The number of aromatic nitrogens is 2. The Balaban J connectivity index is 1.71. The van der Waals surface area contributed by atoms with E-state index >= 15 is 0 Å². The first-order valence-electron chi connectivity index (χ1n) is 7.65. The molecular formula is C14H23N3O5S. The summed E-state index contributed by atoms with van der Waals surface area (Å²) in [7, 11) is -1.94. The number of ether oxygens (including phenoxy) is 2.